The van der Waals surface area contributed by atoms with Crippen molar-refractivity contribution in [1.82, 2.24) is 5.32 Å². The van der Waals surface area contributed by atoms with Crippen LogP contribution in [0.15, 0.2) is 0 Å². The average molecular weight is 291 g/mol. The summed E-state index contributed by atoms with van der Waals surface area (Å²) in [6, 6.07) is 0. The predicted octanol–water partition coefficient (Wildman–Crippen LogP) is -0.962. The maximum atomic E-state index is 10.4. The zero-order valence-corrected chi connectivity index (χ0v) is 10.7. The van der Waals surface area contributed by atoms with Crippen LogP contribution < -0.4 is 5.32 Å². The van der Waals surface area contributed by atoms with Crippen molar-refractivity contribution in [2.24, 2.45) is 0 Å². The Balaban J connectivity index is 0.000000428. The molecule has 9 heteroatoms. The van der Waals surface area contributed by atoms with Gasteiger partial charge in [0.2, 0.25) is 5.91 Å². The number of rotatable bonds is 5. The van der Waals surface area contributed by atoms with Crippen LogP contribution in [0.25, 0.3) is 0 Å². The summed E-state index contributed by atoms with van der Waals surface area (Å²) in [5.74, 6) is -4.80. The third-order valence-electron chi connectivity index (χ3n) is 2.44. The van der Waals surface area contributed by atoms with Crippen molar-refractivity contribution in [3.8, 4) is 0 Å². The molecule has 1 rings (SSSR count). The molecule has 1 amide bonds. The second kappa shape index (κ2) is 8.10. The molecule has 114 valence electrons. The van der Waals surface area contributed by atoms with Gasteiger partial charge in [0.25, 0.3) is 0 Å². The van der Waals surface area contributed by atoms with E-state index < -0.39 is 36.4 Å². The van der Waals surface area contributed by atoms with E-state index in [1.165, 1.54) is 0 Å². The molecule has 1 aliphatic rings. The lowest BCUT2D eigenvalue weighted by Gasteiger charge is -2.18. The molecule has 0 spiro atoms. The molecule has 5 N–H and O–H groups in total. The van der Waals surface area contributed by atoms with Crippen molar-refractivity contribution in [2.75, 3.05) is 6.54 Å². The Labute approximate surface area is 114 Å². The lowest BCUT2D eigenvalue weighted by Crippen LogP contribution is -2.42. The topological polar surface area (TPSA) is 161 Å². The molecule has 1 fully saturated rings. The molecule has 1 aliphatic heterocycles. The molecule has 0 aromatic rings. The van der Waals surface area contributed by atoms with Crippen molar-refractivity contribution in [2.45, 2.75) is 37.7 Å². The zero-order valence-electron chi connectivity index (χ0n) is 10.7. The lowest BCUT2D eigenvalue weighted by atomic mass is 9.96. The van der Waals surface area contributed by atoms with Gasteiger partial charge in [-0.25, -0.2) is 4.79 Å². The van der Waals surface area contributed by atoms with Gasteiger partial charge in [-0.3, -0.25) is 14.4 Å². The van der Waals surface area contributed by atoms with Gasteiger partial charge in [0.05, 0.1) is 12.8 Å². The van der Waals surface area contributed by atoms with Gasteiger partial charge in [0, 0.05) is 13.0 Å². The molecule has 0 radical (unpaired) electrons. The summed E-state index contributed by atoms with van der Waals surface area (Å²) >= 11 is 0. The number of hydrogen-bond donors (Lipinski definition) is 5. The minimum absolute atomic E-state index is 0.214. The summed E-state index contributed by atoms with van der Waals surface area (Å²) in [5, 5.41) is 36.6. The van der Waals surface area contributed by atoms with Crippen LogP contribution in [0.4, 0.5) is 0 Å². The molecule has 9 nitrogen and oxygen atoms in total. The Bertz CT molecular complexity index is 368. The van der Waals surface area contributed by atoms with Crippen LogP contribution in [-0.2, 0) is 19.2 Å². The fourth-order valence-electron chi connectivity index (χ4n) is 1.44. The quantitative estimate of drug-likeness (QED) is 0.432. The second-order valence-corrected chi connectivity index (χ2v) is 4.28. The van der Waals surface area contributed by atoms with Crippen LogP contribution in [0.5, 0.6) is 0 Å². The molecule has 20 heavy (non-hydrogen) atoms. The molecular weight excluding hydrogens is 274 g/mol. The molecule has 1 heterocycles. The summed E-state index contributed by atoms with van der Waals surface area (Å²) < 4.78 is 0. The van der Waals surface area contributed by atoms with E-state index in [0.29, 0.717) is 0 Å². The maximum absolute atomic E-state index is 10.4. The number of amides is 1. The van der Waals surface area contributed by atoms with E-state index in [1.807, 2.05) is 0 Å². The Morgan fingerprint density at radius 3 is 1.75 bits per heavy atom. The molecule has 1 saturated heterocycles. The number of carbonyl (C=O) groups excluding carboxylic acids is 1. The lowest BCUT2D eigenvalue weighted by molar-refractivity contribution is -0.170. The smallest absolute Gasteiger partial charge is 0.336 e. The Morgan fingerprint density at radius 1 is 1.05 bits per heavy atom. The van der Waals surface area contributed by atoms with Gasteiger partial charge in [-0.05, 0) is 12.8 Å². The van der Waals surface area contributed by atoms with Gasteiger partial charge in [0.1, 0.15) is 0 Å². The van der Waals surface area contributed by atoms with Crippen molar-refractivity contribution >= 4 is 23.8 Å². The number of aliphatic carboxylic acids is 3. The second-order valence-electron chi connectivity index (χ2n) is 4.28. The van der Waals surface area contributed by atoms with Crippen LogP contribution in [0.2, 0.25) is 0 Å². The number of hydrogen-bond acceptors (Lipinski definition) is 5. The summed E-state index contributed by atoms with van der Waals surface area (Å²) in [6.07, 6.45) is 0.681. The van der Waals surface area contributed by atoms with Crippen LogP contribution in [-0.4, -0.2) is 56.4 Å². The highest BCUT2D eigenvalue weighted by molar-refractivity contribution is 5.88. The Hall–Kier alpha value is -2.16. The highest BCUT2D eigenvalue weighted by Gasteiger charge is 2.40. The number of carbonyl (C=O) groups is 4. The highest BCUT2D eigenvalue weighted by Crippen LogP contribution is 2.15. The van der Waals surface area contributed by atoms with Crippen LogP contribution >= 0.6 is 0 Å². The van der Waals surface area contributed by atoms with E-state index in [-0.39, 0.29) is 5.91 Å². The molecule has 0 aromatic heterocycles. The van der Waals surface area contributed by atoms with Gasteiger partial charge < -0.3 is 25.7 Å². The van der Waals surface area contributed by atoms with Crippen LogP contribution in [0.1, 0.15) is 32.1 Å². The summed E-state index contributed by atoms with van der Waals surface area (Å²) in [7, 11) is 0. The molecule has 0 saturated carbocycles. The third kappa shape index (κ3) is 7.31. The Kier molecular flexibility index (Phi) is 7.22. The Morgan fingerprint density at radius 2 is 1.55 bits per heavy atom. The number of piperidine rings is 1. The molecule has 0 atom stereocenters. The number of carboxylic acid groups (broad SMARTS) is 3. The molecule has 0 aromatic carbocycles. The van der Waals surface area contributed by atoms with Gasteiger partial charge >= 0.3 is 17.9 Å². The van der Waals surface area contributed by atoms with E-state index in [0.717, 1.165) is 25.8 Å². The standard InChI is InChI=1S/C6H8O7.C5H9NO/c7-3(8)1-6(13,5(11)12)2-4(9)10;7-5-3-1-2-4-6-5/h13H,1-2H2,(H,7,8)(H,9,10)(H,11,12);1-4H2,(H,6,7). The van der Waals surface area contributed by atoms with E-state index in [2.05, 4.69) is 5.32 Å². The summed E-state index contributed by atoms with van der Waals surface area (Å²) in [4.78, 5) is 40.8. The average Bonchev–Trinajstić information content (AvgIpc) is 2.28. The SMILES string of the molecule is O=C(O)CC(O)(CC(=O)O)C(=O)O.O=C1CCCCN1. The van der Waals surface area contributed by atoms with E-state index in [4.69, 9.17) is 20.4 Å². The molecule has 0 aliphatic carbocycles. The van der Waals surface area contributed by atoms with E-state index >= 15 is 0 Å². The van der Waals surface area contributed by atoms with Gasteiger partial charge in [0.15, 0.2) is 5.60 Å². The van der Waals surface area contributed by atoms with Crippen molar-refractivity contribution < 1.29 is 39.6 Å². The van der Waals surface area contributed by atoms with E-state index in [1.54, 1.807) is 0 Å². The van der Waals surface area contributed by atoms with Crippen LogP contribution in [0.3, 0.4) is 0 Å². The van der Waals surface area contributed by atoms with Gasteiger partial charge in [-0.2, -0.15) is 0 Å². The normalized spacial score (nSPS) is 14.6. The van der Waals surface area contributed by atoms with Crippen molar-refractivity contribution in [1.29, 1.82) is 0 Å². The highest BCUT2D eigenvalue weighted by atomic mass is 16.4. The minimum Gasteiger partial charge on any atom is -0.481 e. The largest absolute Gasteiger partial charge is 0.481 e. The number of carboxylic acids is 3. The van der Waals surface area contributed by atoms with Crippen LogP contribution in [0, 0.1) is 0 Å². The fraction of sp³-hybridized carbons (Fsp3) is 0.636. The molecular formula is C11H17NO8. The zero-order chi connectivity index (χ0) is 15.8. The van der Waals surface area contributed by atoms with Gasteiger partial charge in [-0.1, -0.05) is 0 Å². The molecule has 0 unspecified atom stereocenters. The first-order chi connectivity index (χ1) is 9.17. The van der Waals surface area contributed by atoms with Gasteiger partial charge in [-0.15, -0.1) is 0 Å². The first-order valence-corrected chi connectivity index (χ1v) is 5.83. The minimum atomic E-state index is -2.74. The summed E-state index contributed by atoms with van der Waals surface area (Å²) in [6.45, 7) is 0.888. The van der Waals surface area contributed by atoms with E-state index in [9.17, 15) is 19.2 Å². The summed E-state index contributed by atoms with van der Waals surface area (Å²) in [5.41, 5.74) is -2.74. The predicted molar refractivity (Wildman–Crippen MR) is 64.0 cm³/mol. The maximum Gasteiger partial charge on any atom is 0.336 e. The van der Waals surface area contributed by atoms with Crippen molar-refractivity contribution in [3.05, 3.63) is 0 Å². The fourth-order valence-corrected chi connectivity index (χ4v) is 1.44. The first-order valence-electron chi connectivity index (χ1n) is 5.83. The molecule has 0 bridgehead atoms. The number of aliphatic hydroxyl groups is 1. The third-order valence-corrected chi connectivity index (χ3v) is 2.44. The van der Waals surface area contributed by atoms with Crippen molar-refractivity contribution in [3.63, 3.8) is 0 Å². The monoisotopic (exact) mass is 291 g/mol. The first kappa shape index (κ1) is 17.8. The number of nitrogens with one attached hydrogen (secondary N) is 1.